The average Bonchev–Trinajstić information content (AvgIpc) is 2.88. The van der Waals surface area contributed by atoms with Crippen LogP contribution in [0.3, 0.4) is 0 Å². The Kier molecular flexibility index (Phi) is 8.59. The monoisotopic (exact) mass is 491 g/mol. The van der Waals surface area contributed by atoms with E-state index in [-0.39, 0.29) is 11.0 Å². The fourth-order valence-electron chi connectivity index (χ4n) is 4.06. The standard InChI is InChI=1S/C25H30ClNO3S2/c1-5-7-13-25(14-8-6-2)23(28)27(18-11-9-17(26)10-12-18)19-15-22(31-4)20(30-3)16-21(19)32-24(25)29/h9-12,15-16H,5-8,13-14H2,1-4H3. The molecular formula is C25H30ClNO3S2. The zero-order chi connectivity index (χ0) is 23.3. The molecule has 0 fully saturated rings. The van der Waals surface area contributed by atoms with E-state index in [0.29, 0.717) is 29.3 Å². The van der Waals surface area contributed by atoms with Crippen LogP contribution >= 0.6 is 35.1 Å². The van der Waals surface area contributed by atoms with E-state index in [1.54, 1.807) is 35.9 Å². The fourth-order valence-corrected chi connectivity index (χ4v) is 5.87. The minimum Gasteiger partial charge on any atom is -0.496 e. The predicted octanol–water partition coefficient (Wildman–Crippen LogP) is 7.73. The number of rotatable bonds is 9. The van der Waals surface area contributed by atoms with Crippen LogP contribution in [0.5, 0.6) is 5.75 Å². The lowest BCUT2D eigenvalue weighted by Crippen LogP contribution is -2.45. The van der Waals surface area contributed by atoms with Crippen molar-refractivity contribution in [3.63, 3.8) is 0 Å². The molecule has 0 N–H and O–H groups in total. The summed E-state index contributed by atoms with van der Waals surface area (Å²) in [6.45, 7) is 4.18. The van der Waals surface area contributed by atoms with Gasteiger partial charge in [0.05, 0.1) is 17.7 Å². The number of unbranched alkanes of at least 4 members (excludes halogenated alkanes) is 2. The Labute approximate surface area is 204 Å². The van der Waals surface area contributed by atoms with Gasteiger partial charge in [0.1, 0.15) is 11.2 Å². The first-order valence-electron chi connectivity index (χ1n) is 11.0. The Bertz CT molecular complexity index is 970. The molecule has 7 heteroatoms. The van der Waals surface area contributed by atoms with Crippen molar-refractivity contribution in [3.8, 4) is 5.75 Å². The van der Waals surface area contributed by atoms with Gasteiger partial charge in [-0.2, -0.15) is 0 Å². The van der Waals surface area contributed by atoms with Crippen LogP contribution in [-0.2, 0) is 9.59 Å². The molecule has 1 amide bonds. The van der Waals surface area contributed by atoms with Crippen molar-refractivity contribution in [1.29, 1.82) is 0 Å². The minimum atomic E-state index is -1.05. The van der Waals surface area contributed by atoms with Crippen molar-refractivity contribution in [2.24, 2.45) is 5.41 Å². The summed E-state index contributed by atoms with van der Waals surface area (Å²) in [5.41, 5.74) is 0.378. The summed E-state index contributed by atoms with van der Waals surface area (Å²) in [6.07, 6.45) is 6.59. The molecular weight excluding hydrogens is 462 g/mol. The van der Waals surface area contributed by atoms with Crippen LogP contribution in [-0.4, -0.2) is 24.4 Å². The second kappa shape index (κ2) is 11.0. The Morgan fingerprint density at radius 1 is 1.06 bits per heavy atom. The number of hydrogen-bond donors (Lipinski definition) is 0. The highest BCUT2D eigenvalue weighted by atomic mass is 35.5. The summed E-state index contributed by atoms with van der Waals surface area (Å²) in [5.74, 6) is 0.560. The molecule has 32 heavy (non-hydrogen) atoms. The van der Waals surface area contributed by atoms with E-state index < -0.39 is 5.41 Å². The third-order valence-electron chi connectivity index (χ3n) is 5.91. The highest BCUT2D eigenvalue weighted by molar-refractivity contribution is 8.14. The van der Waals surface area contributed by atoms with Gasteiger partial charge in [-0.1, -0.05) is 51.1 Å². The number of halogens is 1. The van der Waals surface area contributed by atoms with Crippen LogP contribution in [0.4, 0.5) is 11.4 Å². The first kappa shape index (κ1) is 25.0. The lowest BCUT2D eigenvalue weighted by Gasteiger charge is -2.34. The molecule has 0 saturated heterocycles. The molecule has 2 aromatic rings. The van der Waals surface area contributed by atoms with E-state index in [9.17, 15) is 9.59 Å². The number of amides is 1. The minimum absolute atomic E-state index is 0.0685. The van der Waals surface area contributed by atoms with Gasteiger partial charge in [-0.05, 0) is 67.3 Å². The maximum atomic E-state index is 14.3. The van der Waals surface area contributed by atoms with Crippen LogP contribution in [0.25, 0.3) is 0 Å². The van der Waals surface area contributed by atoms with E-state index in [1.807, 2.05) is 30.5 Å². The van der Waals surface area contributed by atoms with Crippen molar-refractivity contribution >= 4 is 57.5 Å². The maximum absolute atomic E-state index is 14.3. The van der Waals surface area contributed by atoms with E-state index >= 15 is 0 Å². The number of carbonyl (C=O) groups is 2. The van der Waals surface area contributed by atoms with Crippen molar-refractivity contribution < 1.29 is 14.3 Å². The van der Waals surface area contributed by atoms with Gasteiger partial charge in [-0.3, -0.25) is 14.5 Å². The summed E-state index contributed by atoms with van der Waals surface area (Å²) in [7, 11) is 1.62. The molecule has 1 heterocycles. The van der Waals surface area contributed by atoms with Gasteiger partial charge in [0.2, 0.25) is 11.0 Å². The van der Waals surface area contributed by atoms with Gasteiger partial charge < -0.3 is 4.74 Å². The lowest BCUT2D eigenvalue weighted by atomic mass is 9.77. The van der Waals surface area contributed by atoms with Crippen molar-refractivity contribution in [1.82, 2.24) is 0 Å². The molecule has 3 rings (SSSR count). The van der Waals surface area contributed by atoms with E-state index in [0.717, 1.165) is 41.2 Å². The lowest BCUT2D eigenvalue weighted by molar-refractivity contribution is -0.136. The Morgan fingerprint density at radius 3 is 2.22 bits per heavy atom. The zero-order valence-corrected chi connectivity index (χ0v) is 21.5. The zero-order valence-electron chi connectivity index (χ0n) is 19.1. The third-order valence-corrected chi connectivity index (χ3v) is 8.04. The number of benzene rings is 2. The number of ether oxygens (including phenoxy) is 1. The van der Waals surface area contributed by atoms with Crippen molar-refractivity contribution in [2.75, 3.05) is 18.3 Å². The molecule has 0 radical (unpaired) electrons. The van der Waals surface area contributed by atoms with Crippen LogP contribution in [0, 0.1) is 5.41 Å². The molecule has 0 aliphatic carbocycles. The van der Waals surface area contributed by atoms with E-state index in [1.165, 1.54) is 11.8 Å². The number of nitrogens with zero attached hydrogens (tertiary/aromatic N) is 1. The molecule has 0 spiro atoms. The molecule has 2 aromatic carbocycles. The molecule has 0 saturated carbocycles. The smallest absolute Gasteiger partial charge is 0.246 e. The fraction of sp³-hybridized carbons (Fsp3) is 0.440. The van der Waals surface area contributed by atoms with Gasteiger partial charge in [0, 0.05) is 15.6 Å². The number of carbonyl (C=O) groups excluding carboxylic acids is 2. The summed E-state index contributed by atoms with van der Waals surface area (Å²) in [4.78, 5) is 31.5. The normalized spacial score (nSPS) is 15.5. The maximum Gasteiger partial charge on any atom is 0.246 e. The molecule has 4 nitrogen and oxygen atoms in total. The largest absolute Gasteiger partial charge is 0.496 e. The van der Waals surface area contributed by atoms with Gasteiger partial charge >= 0.3 is 0 Å². The summed E-state index contributed by atoms with van der Waals surface area (Å²) < 4.78 is 5.58. The first-order chi connectivity index (χ1) is 15.4. The van der Waals surface area contributed by atoms with Gasteiger partial charge in [-0.15, -0.1) is 11.8 Å². The number of methoxy groups -OCH3 is 1. The second-order valence-corrected chi connectivity index (χ2v) is 10.3. The summed E-state index contributed by atoms with van der Waals surface area (Å²) >= 11 is 8.87. The van der Waals surface area contributed by atoms with Gasteiger partial charge in [-0.25, -0.2) is 0 Å². The summed E-state index contributed by atoms with van der Waals surface area (Å²) in [5, 5.41) is 0.533. The topological polar surface area (TPSA) is 46.6 Å². The first-order valence-corrected chi connectivity index (χ1v) is 13.4. The molecule has 1 aliphatic heterocycles. The third kappa shape index (κ3) is 4.82. The number of thioether (sulfide) groups is 2. The van der Waals surface area contributed by atoms with Crippen LogP contribution in [0.1, 0.15) is 52.4 Å². The molecule has 172 valence electrons. The van der Waals surface area contributed by atoms with Crippen LogP contribution in [0.2, 0.25) is 5.02 Å². The molecule has 0 atom stereocenters. The second-order valence-electron chi connectivity index (χ2n) is 7.97. The van der Waals surface area contributed by atoms with Crippen molar-refractivity contribution in [2.45, 2.75) is 62.2 Å². The Balaban J connectivity index is 2.27. The van der Waals surface area contributed by atoms with Crippen LogP contribution in [0.15, 0.2) is 46.2 Å². The Morgan fingerprint density at radius 2 is 1.69 bits per heavy atom. The molecule has 0 bridgehead atoms. The number of hydrogen-bond acceptors (Lipinski definition) is 5. The highest BCUT2D eigenvalue weighted by Gasteiger charge is 2.50. The predicted molar refractivity (Wildman–Crippen MR) is 136 cm³/mol. The molecule has 0 unspecified atom stereocenters. The average molecular weight is 492 g/mol. The van der Waals surface area contributed by atoms with E-state index in [4.69, 9.17) is 16.3 Å². The van der Waals surface area contributed by atoms with Gasteiger partial charge in [0.25, 0.3) is 0 Å². The SMILES string of the molecule is CCCCC1(CCCC)C(=O)Sc2cc(OC)c(SC)cc2N(c2ccc(Cl)cc2)C1=O. The number of fused-ring (bicyclic) bond motifs is 1. The molecule has 0 aromatic heterocycles. The highest BCUT2D eigenvalue weighted by Crippen LogP contribution is 2.51. The summed E-state index contributed by atoms with van der Waals surface area (Å²) in [6, 6.07) is 11.1. The van der Waals surface area contributed by atoms with E-state index in [2.05, 4.69) is 13.8 Å². The van der Waals surface area contributed by atoms with Crippen molar-refractivity contribution in [3.05, 3.63) is 41.4 Å². The molecule has 1 aliphatic rings. The Hall–Kier alpha value is -1.63. The van der Waals surface area contributed by atoms with Crippen LogP contribution < -0.4 is 9.64 Å². The number of anilines is 2. The quantitative estimate of drug-likeness (QED) is 0.265. The van der Waals surface area contributed by atoms with Gasteiger partial charge in [0.15, 0.2) is 0 Å².